The third-order valence-corrected chi connectivity index (χ3v) is 4.21. The zero-order chi connectivity index (χ0) is 11.2. The molecule has 0 bridgehead atoms. The molecule has 0 fully saturated rings. The maximum absolute atomic E-state index is 9.66. The molecule has 0 aliphatic heterocycles. The largest absolute Gasteiger partial charge is 0.389 e. The maximum atomic E-state index is 9.66. The van der Waals surface area contributed by atoms with Crippen LogP contribution < -0.4 is 5.73 Å². The Balaban J connectivity index is 3.47. The summed E-state index contributed by atoms with van der Waals surface area (Å²) in [7, 11) is 0. The van der Waals surface area contributed by atoms with E-state index in [1.807, 2.05) is 18.7 Å². The maximum Gasteiger partial charge on any atom is 0.0741 e. The van der Waals surface area contributed by atoms with Crippen molar-refractivity contribution >= 4 is 11.8 Å². The van der Waals surface area contributed by atoms with Gasteiger partial charge in [0, 0.05) is 11.8 Å². The van der Waals surface area contributed by atoms with Crippen molar-refractivity contribution in [1.29, 1.82) is 0 Å². The fraction of sp³-hybridized carbons (Fsp3) is 1.00. The Hall–Kier alpha value is 0.270. The Kier molecular flexibility index (Phi) is 6.83. The summed E-state index contributed by atoms with van der Waals surface area (Å²) in [6.45, 7) is 8.92. The van der Waals surface area contributed by atoms with Gasteiger partial charge in [0.15, 0.2) is 0 Å². The molecule has 2 atom stereocenters. The van der Waals surface area contributed by atoms with Gasteiger partial charge in [0.05, 0.1) is 5.60 Å². The second-order valence-electron chi connectivity index (χ2n) is 4.62. The molecular weight excluding hydrogens is 194 g/mol. The summed E-state index contributed by atoms with van der Waals surface area (Å²) in [6, 6.07) is 0. The van der Waals surface area contributed by atoms with Crippen LogP contribution in [0.15, 0.2) is 0 Å². The molecule has 14 heavy (non-hydrogen) atoms. The van der Waals surface area contributed by atoms with E-state index < -0.39 is 5.60 Å². The first kappa shape index (κ1) is 14.3. The van der Waals surface area contributed by atoms with Gasteiger partial charge in [-0.3, -0.25) is 0 Å². The van der Waals surface area contributed by atoms with Crippen LogP contribution in [0.5, 0.6) is 0 Å². The molecule has 0 saturated carbocycles. The average Bonchev–Trinajstić information content (AvgIpc) is 2.12. The highest BCUT2D eigenvalue weighted by atomic mass is 32.2. The van der Waals surface area contributed by atoms with Gasteiger partial charge in [0.2, 0.25) is 0 Å². The van der Waals surface area contributed by atoms with E-state index in [1.54, 1.807) is 0 Å². The van der Waals surface area contributed by atoms with Gasteiger partial charge in [0.1, 0.15) is 0 Å². The summed E-state index contributed by atoms with van der Waals surface area (Å²) in [5, 5.41) is 10.4. The summed E-state index contributed by atoms with van der Waals surface area (Å²) < 4.78 is 0. The number of hydrogen-bond acceptors (Lipinski definition) is 3. The summed E-state index contributed by atoms with van der Waals surface area (Å²) >= 11 is 1.98. The first-order valence-corrected chi connectivity index (χ1v) is 6.48. The standard InChI is InChI=1S/C11H25NOS/c1-9(2)10(3)14-7-5-6-11(4,13)8-12/h9-10,13H,5-8,12H2,1-4H3. The lowest BCUT2D eigenvalue weighted by Gasteiger charge is -2.21. The molecule has 3 N–H and O–H groups in total. The molecule has 0 amide bonds. The van der Waals surface area contributed by atoms with Crippen molar-refractivity contribution in [2.24, 2.45) is 11.7 Å². The second-order valence-corrected chi connectivity index (χ2v) is 6.11. The highest BCUT2D eigenvalue weighted by Gasteiger charge is 2.17. The summed E-state index contributed by atoms with van der Waals surface area (Å²) in [4.78, 5) is 0. The van der Waals surface area contributed by atoms with E-state index in [0.717, 1.165) is 24.5 Å². The Morgan fingerprint density at radius 3 is 2.36 bits per heavy atom. The van der Waals surface area contributed by atoms with E-state index in [1.165, 1.54) is 0 Å². The quantitative estimate of drug-likeness (QED) is 0.646. The highest BCUT2D eigenvalue weighted by Crippen LogP contribution is 2.21. The van der Waals surface area contributed by atoms with Gasteiger partial charge in [-0.15, -0.1) is 0 Å². The topological polar surface area (TPSA) is 46.2 Å². The van der Waals surface area contributed by atoms with Gasteiger partial charge in [-0.25, -0.2) is 0 Å². The lowest BCUT2D eigenvalue weighted by Crippen LogP contribution is -2.34. The molecule has 3 heteroatoms. The smallest absolute Gasteiger partial charge is 0.0741 e. The predicted octanol–water partition coefficient (Wildman–Crippen LogP) is 2.25. The van der Waals surface area contributed by atoms with Crippen LogP contribution in [0.4, 0.5) is 0 Å². The third kappa shape index (κ3) is 6.68. The Morgan fingerprint density at radius 1 is 1.36 bits per heavy atom. The van der Waals surface area contributed by atoms with Crippen LogP contribution in [0.3, 0.4) is 0 Å². The van der Waals surface area contributed by atoms with Crippen LogP contribution in [0.25, 0.3) is 0 Å². The van der Waals surface area contributed by atoms with Gasteiger partial charge in [-0.2, -0.15) is 11.8 Å². The zero-order valence-corrected chi connectivity index (χ0v) is 10.7. The number of hydrogen-bond donors (Lipinski definition) is 2. The molecule has 0 spiro atoms. The van der Waals surface area contributed by atoms with Crippen LogP contribution in [0.2, 0.25) is 0 Å². The van der Waals surface area contributed by atoms with E-state index in [-0.39, 0.29) is 0 Å². The van der Waals surface area contributed by atoms with Gasteiger partial charge in [0.25, 0.3) is 0 Å². The van der Waals surface area contributed by atoms with E-state index in [9.17, 15) is 5.11 Å². The van der Waals surface area contributed by atoms with Crippen LogP contribution in [-0.2, 0) is 0 Å². The van der Waals surface area contributed by atoms with Gasteiger partial charge >= 0.3 is 0 Å². The van der Waals surface area contributed by atoms with Crippen molar-refractivity contribution in [3.05, 3.63) is 0 Å². The molecule has 0 saturated heterocycles. The first-order chi connectivity index (χ1) is 6.39. The minimum absolute atomic E-state index is 0.359. The Bertz CT molecular complexity index is 148. The molecule has 0 radical (unpaired) electrons. The van der Waals surface area contributed by atoms with Crippen molar-refractivity contribution in [1.82, 2.24) is 0 Å². The van der Waals surface area contributed by atoms with Crippen molar-refractivity contribution < 1.29 is 5.11 Å². The number of nitrogens with two attached hydrogens (primary N) is 1. The van der Waals surface area contributed by atoms with Crippen molar-refractivity contribution in [2.75, 3.05) is 12.3 Å². The summed E-state index contributed by atoms with van der Waals surface area (Å²) in [5.41, 5.74) is 4.77. The SMILES string of the molecule is CC(C)C(C)SCCCC(C)(O)CN. The molecule has 0 aromatic heterocycles. The lowest BCUT2D eigenvalue weighted by molar-refractivity contribution is 0.0595. The highest BCUT2D eigenvalue weighted by molar-refractivity contribution is 7.99. The molecule has 0 heterocycles. The van der Waals surface area contributed by atoms with Crippen LogP contribution in [0.1, 0.15) is 40.5 Å². The molecule has 0 aliphatic carbocycles. The van der Waals surface area contributed by atoms with E-state index >= 15 is 0 Å². The second kappa shape index (κ2) is 6.70. The summed E-state index contributed by atoms with van der Waals surface area (Å²) in [5.74, 6) is 1.85. The van der Waals surface area contributed by atoms with Gasteiger partial charge < -0.3 is 10.8 Å². The monoisotopic (exact) mass is 219 g/mol. The van der Waals surface area contributed by atoms with E-state index in [4.69, 9.17) is 5.73 Å². The van der Waals surface area contributed by atoms with E-state index in [0.29, 0.717) is 11.8 Å². The average molecular weight is 219 g/mol. The molecule has 0 aromatic rings. The molecule has 0 aliphatic rings. The molecule has 2 nitrogen and oxygen atoms in total. The first-order valence-electron chi connectivity index (χ1n) is 5.43. The lowest BCUT2D eigenvalue weighted by atomic mass is 10.0. The normalized spacial score (nSPS) is 18.2. The van der Waals surface area contributed by atoms with Crippen LogP contribution >= 0.6 is 11.8 Å². The van der Waals surface area contributed by atoms with Crippen LogP contribution in [-0.4, -0.2) is 28.3 Å². The molecule has 0 rings (SSSR count). The fourth-order valence-corrected chi connectivity index (χ4v) is 2.08. The van der Waals surface area contributed by atoms with E-state index in [2.05, 4.69) is 20.8 Å². The molecule has 2 unspecified atom stereocenters. The molecule has 86 valence electrons. The number of rotatable bonds is 7. The number of thioether (sulfide) groups is 1. The van der Waals surface area contributed by atoms with Gasteiger partial charge in [-0.05, 0) is 31.4 Å². The van der Waals surface area contributed by atoms with Crippen molar-refractivity contribution in [3.8, 4) is 0 Å². The Morgan fingerprint density at radius 2 is 1.93 bits per heavy atom. The van der Waals surface area contributed by atoms with Crippen LogP contribution in [0, 0.1) is 5.92 Å². The molecule has 0 aromatic carbocycles. The van der Waals surface area contributed by atoms with Crippen molar-refractivity contribution in [3.63, 3.8) is 0 Å². The predicted molar refractivity (Wildman–Crippen MR) is 65.7 cm³/mol. The minimum atomic E-state index is -0.665. The fourth-order valence-electron chi connectivity index (χ4n) is 1.02. The van der Waals surface area contributed by atoms with Gasteiger partial charge in [-0.1, -0.05) is 20.8 Å². The summed E-state index contributed by atoms with van der Waals surface area (Å²) in [6.07, 6.45) is 1.85. The Labute approximate surface area is 92.6 Å². The molecular formula is C11H25NOS. The number of aliphatic hydroxyl groups is 1. The third-order valence-electron chi connectivity index (χ3n) is 2.62. The minimum Gasteiger partial charge on any atom is -0.389 e. The zero-order valence-electron chi connectivity index (χ0n) is 9.92. The van der Waals surface area contributed by atoms with Crippen molar-refractivity contribution in [2.45, 2.75) is 51.4 Å².